The summed E-state index contributed by atoms with van der Waals surface area (Å²) in [6, 6.07) is 4.14. The number of halogens is 2. The molecule has 2 aromatic rings. The van der Waals surface area contributed by atoms with Crippen molar-refractivity contribution in [3.8, 4) is 11.3 Å². The van der Waals surface area contributed by atoms with Gasteiger partial charge in [-0.05, 0) is 23.2 Å². The van der Waals surface area contributed by atoms with Gasteiger partial charge in [-0.15, -0.1) is 11.8 Å². The molecule has 3 nitrogen and oxygen atoms in total. The predicted molar refractivity (Wildman–Crippen MR) is 101 cm³/mol. The molecule has 0 aliphatic heterocycles. The average molecular weight is 563 g/mol. The van der Waals surface area contributed by atoms with Gasteiger partial charge in [-0.3, -0.25) is 0 Å². The Kier molecular flexibility index (Phi) is 14.2. The van der Waals surface area contributed by atoms with Gasteiger partial charge in [-0.25, -0.2) is 4.57 Å². The molecule has 0 atom stereocenters. The zero-order valence-electron chi connectivity index (χ0n) is 13.3. The third-order valence-corrected chi connectivity index (χ3v) is 4.60. The second-order valence-corrected chi connectivity index (χ2v) is 6.20. The topological polar surface area (TPSA) is 29.7 Å². The zero-order chi connectivity index (χ0) is 15.5. The summed E-state index contributed by atoms with van der Waals surface area (Å²) in [7, 11) is 2.03. The first-order chi connectivity index (χ1) is 10.3. The first kappa shape index (κ1) is 22.5. The molecule has 0 aromatic carbocycles. The molecule has 0 bridgehead atoms. The molecule has 0 spiro atoms. The summed E-state index contributed by atoms with van der Waals surface area (Å²) in [4.78, 5) is 1.97. The number of unbranched alkanes of at least 4 members (excludes halogenated alkanes) is 3. The fourth-order valence-electron chi connectivity index (χ4n) is 1.88. The largest absolute Gasteiger partial charge is 1.00 e. The van der Waals surface area contributed by atoms with Gasteiger partial charge in [0.2, 0.25) is 0 Å². The fraction of sp³-hybridized carbons (Fsp3) is 0.533. The molecule has 0 amide bonds. The number of nitrogens with zero attached hydrogens (tertiary/aromatic N) is 3. The van der Waals surface area contributed by atoms with Crippen LogP contribution in [0, 0.1) is 0 Å². The number of hydrogen-bond donors (Lipinski definition) is 0. The van der Waals surface area contributed by atoms with Crippen molar-refractivity contribution >= 4 is 46.1 Å². The molecule has 7 heteroatoms. The monoisotopic (exact) mass is 563 g/mol. The van der Waals surface area contributed by atoms with E-state index in [-0.39, 0.29) is 24.0 Å². The van der Waals surface area contributed by atoms with Crippen LogP contribution in [0.1, 0.15) is 32.6 Å². The van der Waals surface area contributed by atoms with Crippen molar-refractivity contribution in [1.29, 1.82) is 0 Å². The smallest absolute Gasteiger partial charge is 0.178 e. The minimum atomic E-state index is 0. The summed E-state index contributed by atoms with van der Waals surface area (Å²) in [6.45, 7) is 2.24. The van der Waals surface area contributed by atoms with E-state index < -0.39 is 0 Å². The van der Waals surface area contributed by atoms with Crippen LogP contribution in [0.3, 0.4) is 0 Å². The minimum absolute atomic E-state index is 0. The third-order valence-electron chi connectivity index (χ3n) is 2.91. The minimum Gasteiger partial charge on any atom is -1.00 e. The Balaban J connectivity index is 0.00000141. The zero-order valence-corrected chi connectivity index (χ0v) is 19.2. The molecule has 22 heavy (non-hydrogen) atoms. The van der Waals surface area contributed by atoms with Crippen LogP contribution in [-0.2, 0) is 7.05 Å². The molecular weight excluding hydrogens is 540 g/mol. The molecular formula is C15H23I2N3S2. The standard InChI is InChI=1S/C14H20N3S2.CH3I.HI/c1-3-4-5-6-10-18-14-13(15-19-16-14)12-8-7-9-17(2)11-12;1-2;/h7-9,11H,3-6,10H2,1-2H3;1H3;1H/q+1;;/p-1. The normalized spacial score (nSPS) is 9.64. The first-order valence-corrected chi connectivity index (χ1v) is 11.0. The second kappa shape index (κ2) is 13.9. The van der Waals surface area contributed by atoms with E-state index in [9.17, 15) is 0 Å². The number of aryl methyl sites for hydroxylation is 1. The SMILES string of the molecule is CCCCCCSc1nsnc1-c1ccc[n+](C)c1.CI.[I-]. The van der Waals surface area contributed by atoms with E-state index in [1.165, 1.54) is 37.4 Å². The fourth-order valence-corrected chi connectivity index (χ4v) is 3.56. The van der Waals surface area contributed by atoms with E-state index in [1.54, 1.807) is 0 Å². The number of thioether (sulfide) groups is 1. The summed E-state index contributed by atoms with van der Waals surface area (Å²) >= 11 is 5.29. The van der Waals surface area contributed by atoms with E-state index >= 15 is 0 Å². The van der Waals surface area contributed by atoms with Crippen molar-refractivity contribution in [1.82, 2.24) is 8.75 Å². The Morgan fingerprint density at radius 2 is 2.00 bits per heavy atom. The lowest BCUT2D eigenvalue weighted by atomic mass is 10.2. The molecule has 0 aliphatic carbocycles. The maximum Gasteiger partial charge on any atom is 0.178 e. The van der Waals surface area contributed by atoms with E-state index in [2.05, 4.69) is 50.5 Å². The van der Waals surface area contributed by atoms with Crippen LogP contribution in [-0.4, -0.2) is 19.4 Å². The van der Waals surface area contributed by atoms with Gasteiger partial charge in [0.25, 0.3) is 0 Å². The van der Waals surface area contributed by atoms with Crippen LogP contribution in [0.15, 0.2) is 29.6 Å². The highest BCUT2D eigenvalue weighted by Crippen LogP contribution is 2.29. The summed E-state index contributed by atoms with van der Waals surface area (Å²) in [6.07, 6.45) is 9.32. The Morgan fingerprint density at radius 3 is 2.68 bits per heavy atom. The van der Waals surface area contributed by atoms with Crippen molar-refractivity contribution in [2.75, 3.05) is 10.7 Å². The van der Waals surface area contributed by atoms with E-state index in [4.69, 9.17) is 0 Å². The summed E-state index contributed by atoms with van der Waals surface area (Å²) < 4.78 is 10.9. The van der Waals surface area contributed by atoms with E-state index in [0.29, 0.717) is 0 Å². The highest BCUT2D eigenvalue weighted by atomic mass is 127. The number of rotatable bonds is 7. The van der Waals surface area contributed by atoms with Gasteiger partial charge >= 0.3 is 0 Å². The molecule has 2 heterocycles. The van der Waals surface area contributed by atoms with Crippen LogP contribution < -0.4 is 28.5 Å². The quantitative estimate of drug-likeness (QED) is 0.169. The van der Waals surface area contributed by atoms with Crippen molar-refractivity contribution in [3.05, 3.63) is 24.5 Å². The second-order valence-electron chi connectivity index (χ2n) is 4.59. The number of aromatic nitrogens is 3. The Labute approximate surface area is 173 Å². The van der Waals surface area contributed by atoms with Gasteiger partial charge < -0.3 is 24.0 Å². The van der Waals surface area contributed by atoms with Crippen LogP contribution in [0.4, 0.5) is 0 Å². The van der Waals surface area contributed by atoms with E-state index in [1.807, 2.05) is 40.6 Å². The van der Waals surface area contributed by atoms with Gasteiger partial charge in [0.15, 0.2) is 12.4 Å². The molecule has 0 saturated carbocycles. The Morgan fingerprint density at radius 1 is 1.23 bits per heavy atom. The number of hydrogen-bond acceptors (Lipinski definition) is 4. The van der Waals surface area contributed by atoms with Crippen molar-refractivity contribution in [3.63, 3.8) is 0 Å². The predicted octanol–water partition coefficient (Wildman–Crippen LogP) is 1.76. The summed E-state index contributed by atoms with van der Waals surface area (Å²) in [5.41, 5.74) is 2.18. The summed E-state index contributed by atoms with van der Waals surface area (Å²) in [5.74, 6) is 1.14. The van der Waals surface area contributed by atoms with Gasteiger partial charge in [0.05, 0.1) is 17.3 Å². The molecule has 0 unspecified atom stereocenters. The third kappa shape index (κ3) is 7.87. The van der Waals surface area contributed by atoms with Gasteiger partial charge in [-0.1, -0.05) is 48.8 Å². The van der Waals surface area contributed by atoms with E-state index in [0.717, 1.165) is 22.0 Å². The molecule has 0 N–H and O–H groups in total. The van der Waals surface area contributed by atoms with Gasteiger partial charge in [0, 0.05) is 6.07 Å². The molecule has 0 fully saturated rings. The lowest BCUT2D eigenvalue weighted by Crippen LogP contribution is -3.00. The lowest BCUT2D eigenvalue weighted by molar-refractivity contribution is -0.671. The molecule has 0 saturated heterocycles. The van der Waals surface area contributed by atoms with Gasteiger partial charge in [0.1, 0.15) is 17.8 Å². The highest BCUT2D eigenvalue weighted by molar-refractivity contribution is 14.1. The number of pyridine rings is 1. The van der Waals surface area contributed by atoms with Crippen LogP contribution >= 0.6 is 46.1 Å². The first-order valence-electron chi connectivity index (χ1n) is 7.10. The van der Waals surface area contributed by atoms with Crippen LogP contribution in [0.5, 0.6) is 0 Å². The molecule has 124 valence electrons. The number of alkyl halides is 1. The maximum absolute atomic E-state index is 4.44. The lowest BCUT2D eigenvalue weighted by Gasteiger charge is -2.00. The van der Waals surface area contributed by atoms with Crippen molar-refractivity contribution in [2.24, 2.45) is 7.05 Å². The highest BCUT2D eigenvalue weighted by Gasteiger charge is 2.13. The van der Waals surface area contributed by atoms with Crippen molar-refractivity contribution < 1.29 is 28.5 Å². The summed E-state index contributed by atoms with van der Waals surface area (Å²) in [5, 5.41) is 1.08. The maximum atomic E-state index is 4.44. The molecule has 2 rings (SSSR count). The molecule has 2 aromatic heterocycles. The average Bonchev–Trinajstić information content (AvgIpc) is 2.97. The molecule has 0 radical (unpaired) electrons. The Hall–Kier alpha value is 0.520. The van der Waals surface area contributed by atoms with Crippen molar-refractivity contribution in [2.45, 2.75) is 37.6 Å². The molecule has 0 aliphatic rings. The Bertz CT molecular complexity index is 521. The van der Waals surface area contributed by atoms with Crippen LogP contribution in [0.2, 0.25) is 0 Å². The van der Waals surface area contributed by atoms with Crippen LogP contribution in [0.25, 0.3) is 11.3 Å². The van der Waals surface area contributed by atoms with Gasteiger partial charge in [-0.2, -0.15) is 8.75 Å².